The van der Waals surface area contributed by atoms with Crippen molar-refractivity contribution in [3.63, 3.8) is 0 Å². The molecule has 1 aliphatic rings. The van der Waals surface area contributed by atoms with Gasteiger partial charge >= 0.3 is 0 Å². The highest BCUT2D eigenvalue weighted by Crippen LogP contribution is 2.32. The second kappa shape index (κ2) is 8.14. The van der Waals surface area contributed by atoms with Crippen molar-refractivity contribution >= 4 is 15.9 Å². The highest BCUT2D eigenvalue weighted by molar-refractivity contribution is 9.10. The van der Waals surface area contributed by atoms with Gasteiger partial charge in [0.1, 0.15) is 5.82 Å². The first kappa shape index (κ1) is 16.0. The average Bonchev–Trinajstić information content (AvgIpc) is 2.65. The van der Waals surface area contributed by atoms with Gasteiger partial charge in [0.05, 0.1) is 0 Å². The summed E-state index contributed by atoms with van der Waals surface area (Å²) in [7, 11) is 0. The fourth-order valence-corrected chi connectivity index (χ4v) is 3.63. The van der Waals surface area contributed by atoms with Gasteiger partial charge in [0, 0.05) is 4.47 Å². The van der Waals surface area contributed by atoms with Crippen LogP contribution in [0.15, 0.2) is 22.7 Å². The lowest BCUT2D eigenvalue weighted by Gasteiger charge is -2.25. The molecule has 2 rings (SSSR count). The smallest absolute Gasteiger partial charge is 0.127 e. The second-order valence-corrected chi connectivity index (χ2v) is 6.82. The van der Waals surface area contributed by atoms with Gasteiger partial charge in [0.2, 0.25) is 0 Å². The molecule has 1 nitrogen and oxygen atoms in total. The molecule has 1 N–H and O–H groups in total. The maximum Gasteiger partial charge on any atom is 0.127 e. The first-order valence-corrected chi connectivity index (χ1v) is 8.64. The molecule has 0 amide bonds. The van der Waals surface area contributed by atoms with Crippen molar-refractivity contribution in [3.05, 3.63) is 34.1 Å². The van der Waals surface area contributed by atoms with E-state index >= 15 is 0 Å². The lowest BCUT2D eigenvalue weighted by atomic mass is 9.83. The van der Waals surface area contributed by atoms with E-state index in [9.17, 15) is 4.39 Å². The molecule has 112 valence electrons. The minimum atomic E-state index is -0.0641. The van der Waals surface area contributed by atoms with E-state index in [1.807, 2.05) is 12.1 Å². The van der Waals surface area contributed by atoms with E-state index < -0.39 is 0 Å². The van der Waals surface area contributed by atoms with Crippen LogP contribution in [0.4, 0.5) is 4.39 Å². The van der Waals surface area contributed by atoms with E-state index in [0.717, 1.165) is 29.5 Å². The van der Waals surface area contributed by atoms with Crippen molar-refractivity contribution in [2.75, 3.05) is 13.1 Å². The third-order valence-electron chi connectivity index (χ3n) is 4.47. The quantitative estimate of drug-likeness (QED) is 0.748. The molecule has 0 radical (unpaired) electrons. The SMILES string of the molecule is CCNCC1CCCCCC1Cc1ccc(Br)cc1F. The summed E-state index contributed by atoms with van der Waals surface area (Å²) in [6.45, 7) is 4.26. The Morgan fingerprint density at radius 2 is 1.95 bits per heavy atom. The Morgan fingerprint density at radius 1 is 1.20 bits per heavy atom. The zero-order valence-electron chi connectivity index (χ0n) is 12.3. The Bertz CT molecular complexity index is 421. The summed E-state index contributed by atoms with van der Waals surface area (Å²) in [5.74, 6) is 1.25. The molecule has 0 aromatic heterocycles. The molecule has 0 bridgehead atoms. The van der Waals surface area contributed by atoms with Gasteiger partial charge in [0.25, 0.3) is 0 Å². The summed E-state index contributed by atoms with van der Waals surface area (Å²) in [6, 6.07) is 5.48. The third-order valence-corrected chi connectivity index (χ3v) is 4.96. The summed E-state index contributed by atoms with van der Waals surface area (Å²) < 4.78 is 14.9. The van der Waals surface area contributed by atoms with Crippen molar-refractivity contribution in [3.8, 4) is 0 Å². The summed E-state index contributed by atoms with van der Waals surface area (Å²) in [6.07, 6.45) is 7.37. The van der Waals surface area contributed by atoms with Crippen LogP contribution in [0, 0.1) is 17.7 Å². The van der Waals surface area contributed by atoms with Gasteiger partial charge in [-0.15, -0.1) is 0 Å². The van der Waals surface area contributed by atoms with Gasteiger partial charge < -0.3 is 5.32 Å². The monoisotopic (exact) mass is 341 g/mol. The van der Waals surface area contributed by atoms with Crippen LogP contribution in [-0.2, 0) is 6.42 Å². The van der Waals surface area contributed by atoms with Crippen molar-refractivity contribution in [2.24, 2.45) is 11.8 Å². The van der Waals surface area contributed by atoms with E-state index in [1.165, 1.54) is 32.1 Å². The molecule has 3 heteroatoms. The number of benzene rings is 1. The predicted octanol–water partition coefficient (Wildman–Crippen LogP) is 4.94. The standard InChI is InChI=1S/C17H25BrFN/c1-2-20-12-15-7-5-3-4-6-13(15)10-14-8-9-16(18)11-17(14)19/h8-9,11,13,15,20H,2-7,10,12H2,1H3. The van der Waals surface area contributed by atoms with E-state index in [-0.39, 0.29) is 5.82 Å². The van der Waals surface area contributed by atoms with Gasteiger partial charge in [-0.05, 0) is 61.9 Å². The van der Waals surface area contributed by atoms with Gasteiger partial charge in [-0.25, -0.2) is 4.39 Å². The van der Waals surface area contributed by atoms with Crippen LogP contribution in [0.25, 0.3) is 0 Å². The fourth-order valence-electron chi connectivity index (χ4n) is 3.30. The number of halogens is 2. The Morgan fingerprint density at radius 3 is 2.65 bits per heavy atom. The molecular weight excluding hydrogens is 317 g/mol. The van der Waals surface area contributed by atoms with E-state index in [2.05, 4.69) is 28.2 Å². The molecule has 20 heavy (non-hydrogen) atoms. The molecule has 1 saturated carbocycles. The topological polar surface area (TPSA) is 12.0 Å². The first-order chi connectivity index (χ1) is 9.70. The van der Waals surface area contributed by atoms with Crippen LogP contribution < -0.4 is 5.32 Å². The molecular formula is C17H25BrFN. The summed E-state index contributed by atoms with van der Waals surface area (Å²) in [5.41, 5.74) is 0.876. The number of nitrogens with one attached hydrogen (secondary N) is 1. The Balaban J connectivity index is 2.06. The van der Waals surface area contributed by atoms with Crippen LogP contribution in [0.3, 0.4) is 0 Å². The maximum absolute atomic E-state index is 14.0. The van der Waals surface area contributed by atoms with E-state index in [1.54, 1.807) is 6.07 Å². The number of hydrogen-bond donors (Lipinski definition) is 1. The molecule has 2 atom stereocenters. The van der Waals surface area contributed by atoms with Gasteiger partial charge in [0.15, 0.2) is 0 Å². The normalized spacial score (nSPS) is 23.6. The van der Waals surface area contributed by atoms with Crippen molar-refractivity contribution in [1.82, 2.24) is 5.32 Å². The Kier molecular flexibility index (Phi) is 6.50. The zero-order chi connectivity index (χ0) is 14.4. The fraction of sp³-hybridized carbons (Fsp3) is 0.647. The minimum Gasteiger partial charge on any atom is -0.317 e. The largest absolute Gasteiger partial charge is 0.317 e. The van der Waals surface area contributed by atoms with E-state index in [0.29, 0.717) is 11.8 Å². The number of rotatable bonds is 5. The molecule has 2 unspecified atom stereocenters. The molecule has 0 heterocycles. The highest BCUT2D eigenvalue weighted by atomic mass is 79.9. The van der Waals surface area contributed by atoms with Crippen LogP contribution >= 0.6 is 15.9 Å². The van der Waals surface area contributed by atoms with Crippen LogP contribution in [0.2, 0.25) is 0 Å². The van der Waals surface area contributed by atoms with E-state index in [4.69, 9.17) is 0 Å². The minimum absolute atomic E-state index is 0.0641. The summed E-state index contributed by atoms with van der Waals surface area (Å²) >= 11 is 3.33. The molecule has 1 aromatic carbocycles. The van der Waals surface area contributed by atoms with Crippen molar-refractivity contribution < 1.29 is 4.39 Å². The third kappa shape index (κ3) is 4.56. The molecule has 0 spiro atoms. The van der Waals surface area contributed by atoms with Crippen LogP contribution in [0.5, 0.6) is 0 Å². The molecule has 0 saturated heterocycles. The lowest BCUT2D eigenvalue weighted by Crippen LogP contribution is -2.29. The van der Waals surface area contributed by atoms with Crippen molar-refractivity contribution in [2.45, 2.75) is 45.4 Å². The first-order valence-electron chi connectivity index (χ1n) is 7.85. The zero-order valence-corrected chi connectivity index (χ0v) is 13.9. The molecule has 1 fully saturated rings. The van der Waals surface area contributed by atoms with Crippen molar-refractivity contribution in [1.29, 1.82) is 0 Å². The van der Waals surface area contributed by atoms with Crippen LogP contribution in [-0.4, -0.2) is 13.1 Å². The van der Waals surface area contributed by atoms with Gasteiger partial charge in [-0.2, -0.15) is 0 Å². The second-order valence-electron chi connectivity index (χ2n) is 5.91. The molecule has 1 aromatic rings. The Hall–Kier alpha value is -0.410. The number of hydrogen-bond acceptors (Lipinski definition) is 1. The van der Waals surface area contributed by atoms with Gasteiger partial charge in [-0.3, -0.25) is 0 Å². The van der Waals surface area contributed by atoms with Gasteiger partial charge in [-0.1, -0.05) is 48.2 Å². The molecule has 0 aliphatic heterocycles. The summed E-state index contributed by atoms with van der Waals surface area (Å²) in [5, 5.41) is 3.48. The summed E-state index contributed by atoms with van der Waals surface area (Å²) in [4.78, 5) is 0. The average molecular weight is 342 g/mol. The highest BCUT2D eigenvalue weighted by Gasteiger charge is 2.24. The van der Waals surface area contributed by atoms with Crippen LogP contribution in [0.1, 0.15) is 44.6 Å². The molecule has 1 aliphatic carbocycles. The lowest BCUT2D eigenvalue weighted by molar-refractivity contribution is 0.297. The predicted molar refractivity (Wildman–Crippen MR) is 86.4 cm³/mol. The maximum atomic E-state index is 14.0. The Labute approximate surface area is 130 Å².